The van der Waals surface area contributed by atoms with E-state index in [1.807, 2.05) is 20.8 Å². The summed E-state index contributed by atoms with van der Waals surface area (Å²) < 4.78 is 22.5. The molecule has 1 aliphatic rings. The lowest BCUT2D eigenvalue weighted by Crippen LogP contribution is -2.52. The van der Waals surface area contributed by atoms with Gasteiger partial charge in [0.25, 0.3) is 0 Å². The van der Waals surface area contributed by atoms with Crippen LogP contribution in [-0.2, 0) is 14.6 Å². The third-order valence-corrected chi connectivity index (χ3v) is 4.53. The molecule has 0 spiro atoms. The van der Waals surface area contributed by atoms with Crippen LogP contribution in [0.25, 0.3) is 0 Å². The third-order valence-electron chi connectivity index (χ3n) is 3.13. The lowest BCUT2D eigenvalue weighted by Gasteiger charge is -2.27. The van der Waals surface area contributed by atoms with Crippen molar-refractivity contribution in [3.63, 3.8) is 0 Å². The first-order valence-corrected chi connectivity index (χ1v) is 7.86. The predicted molar refractivity (Wildman–Crippen MR) is 71.8 cm³/mol. The van der Waals surface area contributed by atoms with E-state index < -0.39 is 15.9 Å². The van der Waals surface area contributed by atoms with Crippen LogP contribution >= 0.6 is 0 Å². The number of sulfone groups is 1. The normalized spacial score (nSPS) is 23.9. The van der Waals surface area contributed by atoms with Gasteiger partial charge in [-0.3, -0.25) is 10.1 Å². The van der Waals surface area contributed by atoms with Gasteiger partial charge in [-0.2, -0.15) is 0 Å². The van der Waals surface area contributed by atoms with Crippen LogP contribution in [0.3, 0.4) is 0 Å². The summed E-state index contributed by atoms with van der Waals surface area (Å²) in [4.78, 5) is 11.9. The smallest absolute Gasteiger partial charge is 0.237 e. The Hall–Kier alpha value is -0.880. The molecule has 0 aromatic heterocycles. The van der Waals surface area contributed by atoms with Crippen molar-refractivity contribution >= 4 is 15.7 Å². The molecule has 0 radical (unpaired) electrons. The second-order valence-electron chi connectivity index (χ2n) is 5.38. The zero-order valence-corrected chi connectivity index (χ0v) is 12.2. The van der Waals surface area contributed by atoms with Crippen molar-refractivity contribution in [1.29, 1.82) is 0 Å². The molecule has 0 aromatic rings. The topological polar surface area (TPSA) is 75.3 Å². The first-order valence-electron chi connectivity index (χ1n) is 6.14. The quantitative estimate of drug-likeness (QED) is 0.769. The fourth-order valence-corrected chi connectivity index (χ4v) is 2.85. The molecular weight excluding hydrogens is 252 g/mol. The van der Waals surface area contributed by atoms with Crippen LogP contribution in [0, 0.1) is 0 Å². The number of hydrogen-bond acceptors (Lipinski definition) is 4. The summed E-state index contributed by atoms with van der Waals surface area (Å²) in [6.45, 7) is 7.65. The van der Waals surface area contributed by atoms with Crippen molar-refractivity contribution in [2.24, 2.45) is 0 Å². The molecular formula is C12H22N2O3S. The minimum absolute atomic E-state index is 0.0296. The van der Waals surface area contributed by atoms with E-state index in [1.165, 1.54) is 5.41 Å². The molecule has 1 heterocycles. The van der Waals surface area contributed by atoms with Crippen molar-refractivity contribution in [2.45, 2.75) is 51.7 Å². The molecule has 18 heavy (non-hydrogen) atoms. The zero-order valence-electron chi connectivity index (χ0n) is 11.4. The van der Waals surface area contributed by atoms with E-state index in [0.717, 1.165) is 6.42 Å². The monoisotopic (exact) mass is 274 g/mol. The highest BCUT2D eigenvalue weighted by molar-refractivity contribution is 7.94. The van der Waals surface area contributed by atoms with Gasteiger partial charge >= 0.3 is 0 Å². The number of hydrogen-bond donors (Lipinski definition) is 2. The van der Waals surface area contributed by atoms with Gasteiger partial charge in [-0.25, -0.2) is 8.42 Å². The van der Waals surface area contributed by atoms with Gasteiger partial charge < -0.3 is 5.32 Å². The van der Waals surface area contributed by atoms with E-state index in [9.17, 15) is 13.2 Å². The second kappa shape index (κ2) is 5.40. The van der Waals surface area contributed by atoms with E-state index in [1.54, 1.807) is 13.0 Å². The largest absolute Gasteiger partial charge is 0.350 e. The van der Waals surface area contributed by atoms with Crippen LogP contribution in [0.1, 0.15) is 34.1 Å². The Morgan fingerprint density at radius 1 is 1.50 bits per heavy atom. The number of carbonyl (C=O) groups excluding carboxylic acids is 1. The molecule has 6 heteroatoms. The van der Waals surface area contributed by atoms with Crippen LogP contribution in [0.5, 0.6) is 0 Å². The highest BCUT2D eigenvalue weighted by Gasteiger charge is 2.26. The fraction of sp³-hybridized carbons (Fsp3) is 0.750. The van der Waals surface area contributed by atoms with Crippen molar-refractivity contribution in [2.75, 3.05) is 5.75 Å². The highest BCUT2D eigenvalue weighted by Crippen LogP contribution is 2.10. The van der Waals surface area contributed by atoms with Gasteiger partial charge in [0.1, 0.15) is 0 Å². The maximum Gasteiger partial charge on any atom is 0.237 e. The van der Waals surface area contributed by atoms with Crippen LogP contribution in [0.15, 0.2) is 11.5 Å². The molecule has 0 saturated heterocycles. The lowest BCUT2D eigenvalue weighted by molar-refractivity contribution is -0.124. The third kappa shape index (κ3) is 4.42. The molecule has 1 aliphatic heterocycles. The van der Waals surface area contributed by atoms with Gasteiger partial charge in [-0.1, -0.05) is 13.0 Å². The summed E-state index contributed by atoms with van der Waals surface area (Å²) in [7, 11) is -3.08. The molecule has 2 unspecified atom stereocenters. The molecule has 104 valence electrons. The summed E-state index contributed by atoms with van der Waals surface area (Å²) in [5.41, 5.74) is -0.245. The first kappa shape index (κ1) is 15.2. The molecule has 2 N–H and O–H groups in total. The predicted octanol–water partition coefficient (Wildman–Crippen LogP) is 0.580. The van der Waals surface area contributed by atoms with E-state index in [4.69, 9.17) is 0 Å². The fourth-order valence-electron chi connectivity index (χ4n) is 1.61. The Labute approximate surface area is 109 Å². The van der Waals surface area contributed by atoms with E-state index in [0.29, 0.717) is 0 Å². The lowest BCUT2D eigenvalue weighted by atomic mass is 10.0. The average molecular weight is 274 g/mol. The number of nitrogens with one attached hydrogen (secondary N) is 2. The Morgan fingerprint density at radius 3 is 2.56 bits per heavy atom. The Morgan fingerprint density at radius 2 is 2.11 bits per heavy atom. The van der Waals surface area contributed by atoms with Gasteiger partial charge in [0.05, 0.1) is 11.8 Å². The van der Waals surface area contributed by atoms with Gasteiger partial charge in [-0.05, 0) is 27.2 Å². The van der Waals surface area contributed by atoms with E-state index >= 15 is 0 Å². The van der Waals surface area contributed by atoms with Gasteiger partial charge in [0.15, 0.2) is 9.84 Å². The molecule has 5 nitrogen and oxygen atoms in total. The molecule has 0 saturated carbocycles. The molecule has 0 aromatic carbocycles. The maximum atomic E-state index is 11.9. The second-order valence-corrected chi connectivity index (χ2v) is 7.31. The van der Waals surface area contributed by atoms with Crippen molar-refractivity contribution in [3.05, 3.63) is 11.5 Å². The minimum Gasteiger partial charge on any atom is -0.350 e. The average Bonchev–Trinajstić information content (AvgIpc) is 2.57. The number of rotatable bonds is 5. The van der Waals surface area contributed by atoms with Gasteiger partial charge in [0, 0.05) is 17.0 Å². The zero-order chi connectivity index (χ0) is 14.0. The van der Waals surface area contributed by atoms with Crippen LogP contribution < -0.4 is 10.6 Å². The standard InChI is InChI=1S/C12H22N2O3S/c1-5-12(3,4)14-11(15)9(2)13-10-6-7-18(16,17)8-10/h6-7,9-10,13H,5,8H2,1-4H3,(H,14,15). The van der Waals surface area contributed by atoms with Crippen LogP contribution in [0.2, 0.25) is 0 Å². The Bertz CT molecular complexity index is 440. The van der Waals surface area contributed by atoms with Crippen LogP contribution in [-0.4, -0.2) is 37.7 Å². The summed E-state index contributed by atoms with van der Waals surface area (Å²) in [6, 6.07) is -0.695. The molecule has 2 atom stereocenters. The Kier molecular flexibility index (Phi) is 4.55. The number of amides is 1. The van der Waals surface area contributed by atoms with Crippen LogP contribution in [0.4, 0.5) is 0 Å². The van der Waals surface area contributed by atoms with Crippen molar-refractivity contribution in [1.82, 2.24) is 10.6 Å². The summed E-state index contributed by atoms with van der Waals surface area (Å²) >= 11 is 0. The summed E-state index contributed by atoms with van der Waals surface area (Å²) in [5, 5.41) is 7.13. The van der Waals surface area contributed by atoms with Gasteiger partial charge in [-0.15, -0.1) is 0 Å². The SMILES string of the molecule is CCC(C)(C)NC(=O)C(C)NC1C=CS(=O)(=O)C1. The van der Waals surface area contributed by atoms with Crippen molar-refractivity contribution < 1.29 is 13.2 Å². The Balaban J connectivity index is 2.49. The van der Waals surface area contributed by atoms with E-state index in [2.05, 4.69) is 10.6 Å². The number of carbonyl (C=O) groups is 1. The molecule has 1 rings (SSSR count). The minimum atomic E-state index is -3.08. The van der Waals surface area contributed by atoms with Crippen molar-refractivity contribution in [3.8, 4) is 0 Å². The highest BCUT2D eigenvalue weighted by atomic mass is 32.2. The molecule has 1 amide bonds. The first-order chi connectivity index (χ1) is 8.15. The molecule has 0 fully saturated rings. The maximum absolute atomic E-state index is 11.9. The van der Waals surface area contributed by atoms with Gasteiger partial charge in [0.2, 0.25) is 5.91 Å². The summed E-state index contributed by atoms with van der Waals surface area (Å²) in [5.74, 6) is -0.0820. The summed E-state index contributed by atoms with van der Waals surface area (Å²) in [6.07, 6.45) is 2.42. The molecule has 0 bridgehead atoms. The van der Waals surface area contributed by atoms with E-state index in [-0.39, 0.29) is 23.2 Å². The molecule has 0 aliphatic carbocycles.